The molecule has 1 aliphatic heterocycles. The summed E-state index contributed by atoms with van der Waals surface area (Å²) >= 11 is 0. The number of pyridine rings is 1. The number of amides is 2. The zero-order chi connectivity index (χ0) is 33.3. The number of methoxy groups -OCH3 is 1. The predicted octanol–water partition coefficient (Wildman–Crippen LogP) is 4.17. The molecule has 2 aromatic heterocycles. The number of aromatic nitrogens is 3. The molecule has 10 nitrogen and oxygen atoms in total. The SMILES string of the molecule is COc1cc(C(=O)NC[C@](O)(c2cc3c(c(-c4c(F)ccc(F)c4F)n2)OC[C@]3(C)C(N)=O)C(F)(F)F)cc2cn(C3CC3)nc12. The molecule has 2 atom stereocenters. The lowest BCUT2D eigenvalue weighted by atomic mass is 9.81. The molecule has 4 aromatic rings. The van der Waals surface area contributed by atoms with Crippen molar-refractivity contribution in [1.29, 1.82) is 0 Å². The summed E-state index contributed by atoms with van der Waals surface area (Å²) in [5, 5.41) is 18.2. The first-order chi connectivity index (χ1) is 21.6. The number of nitrogens with one attached hydrogen (secondary N) is 1. The zero-order valence-corrected chi connectivity index (χ0v) is 24.1. The number of primary amides is 1. The Hall–Kier alpha value is -4.86. The van der Waals surface area contributed by atoms with Gasteiger partial charge in [-0.15, -0.1) is 0 Å². The minimum atomic E-state index is -5.56. The molecule has 1 fully saturated rings. The van der Waals surface area contributed by atoms with Gasteiger partial charge < -0.3 is 25.6 Å². The Morgan fingerprint density at radius 1 is 1.17 bits per heavy atom. The topological polar surface area (TPSA) is 142 Å². The molecule has 0 spiro atoms. The van der Waals surface area contributed by atoms with Crippen LogP contribution in [0.5, 0.6) is 11.5 Å². The van der Waals surface area contributed by atoms with Gasteiger partial charge in [0.05, 0.1) is 31.0 Å². The first-order valence-corrected chi connectivity index (χ1v) is 13.9. The number of nitrogens with zero attached hydrogens (tertiary/aromatic N) is 3. The van der Waals surface area contributed by atoms with Crippen LogP contribution in [-0.2, 0) is 15.8 Å². The summed E-state index contributed by atoms with van der Waals surface area (Å²) < 4.78 is 101. The summed E-state index contributed by atoms with van der Waals surface area (Å²) in [4.78, 5) is 29.3. The largest absolute Gasteiger partial charge is 0.494 e. The number of carbonyl (C=O) groups excluding carboxylic acids is 2. The molecular weight excluding hydrogens is 624 g/mol. The maximum Gasteiger partial charge on any atom is 0.424 e. The minimum absolute atomic E-state index is 0.120. The summed E-state index contributed by atoms with van der Waals surface area (Å²) in [5.41, 5.74) is -3.83. The number of halogens is 6. The second-order valence-electron chi connectivity index (χ2n) is 11.4. The van der Waals surface area contributed by atoms with Gasteiger partial charge in [-0.25, -0.2) is 18.2 Å². The monoisotopic (exact) mass is 649 g/mol. The quantitative estimate of drug-likeness (QED) is 0.192. The van der Waals surface area contributed by atoms with Crippen LogP contribution in [0.1, 0.15) is 47.4 Å². The molecule has 6 rings (SSSR count). The van der Waals surface area contributed by atoms with E-state index < -0.39 is 82.3 Å². The Kier molecular flexibility index (Phi) is 7.18. The van der Waals surface area contributed by atoms with Crippen LogP contribution in [0.25, 0.3) is 22.2 Å². The Balaban J connectivity index is 1.44. The van der Waals surface area contributed by atoms with Crippen molar-refractivity contribution in [2.75, 3.05) is 20.3 Å². The molecular formula is C30H25F6N5O5. The van der Waals surface area contributed by atoms with Crippen LogP contribution in [0.4, 0.5) is 26.3 Å². The van der Waals surface area contributed by atoms with E-state index in [1.807, 2.05) is 5.32 Å². The Morgan fingerprint density at radius 2 is 1.87 bits per heavy atom. The second-order valence-corrected chi connectivity index (χ2v) is 11.4. The summed E-state index contributed by atoms with van der Waals surface area (Å²) in [7, 11) is 1.33. The van der Waals surface area contributed by atoms with Crippen molar-refractivity contribution in [3.63, 3.8) is 0 Å². The van der Waals surface area contributed by atoms with Gasteiger partial charge in [-0.3, -0.25) is 14.3 Å². The van der Waals surface area contributed by atoms with Crippen LogP contribution >= 0.6 is 0 Å². The summed E-state index contributed by atoms with van der Waals surface area (Å²) in [6.07, 6.45) is -2.05. The highest BCUT2D eigenvalue weighted by atomic mass is 19.4. The molecule has 3 heterocycles. The van der Waals surface area contributed by atoms with Crippen molar-refractivity contribution in [2.24, 2.45) is 5.73 Å². The average Bonchev–Trinajstić information content (AvgIpc) is 3.67. The van der Waals surface area contributed by atoms with Crippen LogP contribution in [0.3, 0.4) is 0 Å². The molecule has 0 unspecified atom stereocenters. The lowest BCUT2D eigenvalue weighted by Gasteiger charge is -2.31. The van der Waals surface area contributed by atoms with Gasteiger partial charge in [-0.2, -0.15) is 18.3 Å². The summed E-state index contributed by atoms with van der Waals surface area (Å²) in [6, 6.07) is 4.49. The van der Waals surface area contributed by atoms with E-state index in [0.29, 0.717) is 29.1 Å². The normalized spacial score (nSPS) is 19.0. The molecule has 0 bridgehead atoms. The number of alkyl halides is 3. The van der Waals surface area contributed by atoms with Crippen LogP contribution in [0.2, 0.25) is 0 Å². The van der Waals surface area contributed by atoms with E-state index in [1.54, 1.807) is 10.9 Å². The zero-order valence-electron chi connectivity index (χ0n) is 24.1. The maximum absolute atomic E-state index is 14.9. The predicted molar refractivity (Wildman–Crippen MR) is 148 cm³/mol. The highest BCUT2D eigenvalue weighted by Crippen LogP contribution is 2.48. The van der Waals surface area contributed by atoms with E-state index in [9.17, 15) is 41.0 Å². The molecule has 2 aliphatic rings. The lowest BCUT2D eigenvalue weighted by molar-refractivity contribution is -0.265. The molecule has 1 aliphatic carbocycles. The van der Waals surface area contributed by atoms with E-state index in [4.69, 9.17) is 15.2 Å². The third-order valence-corrected chi connectivity index (χ3v) is 8.29. The molecule has 4 N–H and O–H groups in total. The van der Waals surface area contributed by atoms with Crippen molar-refractivity contribution in [1.82, 2.24) is 20.1 Å². The molecule has 16 heteroatoms. The van der Waals surface area contributed by atoms with Crippen molar-refractivity contribution >= 4 is 22.7 Å². The number of benzene rings is 2. The summed E-state index contributed by atoms with van der Waals surface area (Å²) in [5.74, 6) is -7.25. The van der Waals surface area contributed by atoms with Gasteiger partial charge >= 0.3 is 6.18 Å². The third-order valence-electron chi connectivity index (χ3n) is 8.29. The van der Waals surface area contributed by atoms with Crippen molar-refractivity contribution in [2.45, 2.75) is 43.0 Å². The number of ether oxygens (including phenoxy) is 2. The van der Waals surface area contributed by atoms with E-state index in [0.717, 1.165) is 12.8 Å². The number of fused-ring (bicyclic) bond motifs is 2. The standard InChI is InChI=1S/C30H25F6N5O5/c1-28(27(37)43)12-46-25-16(28)9-20(39-24(25)21-17(31)5-6-18(32)22(21)33)29(44,30(34,35)36)11-38-26(42)13-7-14-10-41(15-3-4-15)40-23(14)19(8-13)45-2/h5-10,15,44H,3-4,11-12H2,1-2H3,(H2,37,43)(H,38,42)/t28-,29-/m0/s1. The van der Waals surface area contributed by atoms with E-state index in [-0.39, 0.29) is 22.9 Å². The number of carbonyl (C=O) groups is 2. The Labute approximate surface area is 256 Å². The molecule has 2 aromatic carbocycles. The van der Waals surface area contributed by atoms with Gasteiger partial charge in [0.2, 0.25) is 11.5 Å². The highest BCUT2D eigenvalue weighted by molar-refractivity contribution is 6.00. The van der Waals surface area contributed by atoms with Gasteiger partial charge in [0, 0.05) is 22.7 Å². The van der Waals surface area contributed by atoms with Gasteiger partial charge in [0.25, 0.3) is 5.91 Å². The Morgan fingerprint density at radius 3 is 2.50 bits per heavy atom. The van der Waals surface area contributed by atoms with E-state index in [2.05, 4.69) is 10.1 Å². The summed E-state index contributed by atoms with van der Waals surface area (Å²) in [6.45, 7) is -0.891. The van der Waals surface area contributed by atoms with Gasteiger partial charge in [0.15, 0.2) is 11.6 Å². The van der Waals surface area contributed by atoms with Gasteiger partial charge in [-0.1, -0.05) is 0 Å². The van der Waals surface area contributed by atoms with E-state index >= 15 is 0 Å². The van der Waals surface area contributed by atoms with Crippen LogP contribution in [-0.4, -0.2) is 58.1 Å². The number of hydrogen-bond acceptors (Lipinski definition) is 7. The fourth-order valence-electron chi connectivity index (χ4n) is 5.29. The molecule has 0 saturated heterocycles. The van der Waals surface area contributed by atoms with Crippen molar-refractivity contribution in [3.8, 4) is 22.8 Å². The first kappa shape index (κ1) is 31.1. The van der Waals surface area contributed by atoms with Crippen LogP contribution < -0.4 is 20.5 Å². The number of hydrogen-bond donors (Lipinski definition) is 3. The second kappa shape index (κ2) is 10.6. The number of nitrogens with two attached hydrogens (primary N) is 1. The lowest BCUT2D eigenvalue weighted by Crippen LogP contribution is -2.51. The molecule has 1 saturated carbocycles. The van der Waals surface area contributed by atoms with Crippen LogP contribution in [0.15, 0.2) is 36.5 Å². The Bertz CT molecular complexity index is 1930. The minimum Gasteiger partial charge on any atom is -0.494 e. The fourth-order valence-corrected chi connectivity index (χ4v) is 5.29. The van der Waals surface area contributed by atoms with Gasteiger partial charge in [0.1, 0.15) is 40.5 Å². The maximum atomic E-state index is 14.9. The smallest absolute Gasteiger partial charge is 0.424 e. The molecule has 2 amide bonds. The highest BCUT2D eigenvalue weighted by Gasteiger charge is 2.58. The molecule has 46 heavy (non-hydrogen) atoms. The first-order valence-electron chi connectivity index (χ1n) is 13.9. The van der Waals surface area contributed by atoms with E-state index in [1.165, 1.54) is 26.2 Å². The third kappa shape index (κ3) is 4.87. The fraction of sp³-hybridized carbons (Fsp3) is 0.333. The average molecular weight is 650 g/mol. The molecule has 242 valence electrons. The number of aliphatic hydroxyl groups is 1. The van der Waals surface area contributed by atoms with Crippen molar-refractivity contribution < 1.29 is 50.5 Å². The van der Waals surface area contributed by atoms with Crippen LogP contribution in [0, 0.1) is 17.5 Å². The van der Waals surface area contributed by atoms with Crippen molar-refractivity contribution in [3.05, 3.63) is 70.8 Å². The number of rotatable bonds is 8. The molecule has 0 radical (unpaired) electrons. The van der Waals surface area contributed by atoms with Gasteiger partial charge in [-0.05, 0) is 50.1 Å².